The van der Waals surface area contributed by atoms with Crippen molar-refractivity contribution in [3.05, 3.63) is 78.4 Å². The molecule has 0 aliphatic carbocycles. The number of aliphatic carboxylic acids is 1. The first kappa shape index (κ1) is 24.8. The number of carboxylic acid groups (broad SMARTS) is 1. The number of nitrogens with one attached hydrogen (secondary N) is 1. The highest BCUT2D eigenvalue weighted by Gasteiger charge is 2.55. The zero-order chi connectivity index (χ0) is 24.2. The molecule has 11 heteroatoms. The Morgan fingerprint density at radius 3 is 2.24 bits per heavy atom. The molecule has 1 aliphatic heterocycles. The van der Waals surface area contributed by atoms with Crippen molar-refractivity contribution < 1.29 is 27.9 Å². The highest BCUT2D eigenvalue weighted by Crippen LogP contribution is 2.39. The number of nitrogens with zero attached hydrogens (tertiary/aromatic N) is 1. The number of carbonyl (C=O) groups excluding carboxylic acids is 2. The van der Waals surface area contributed by atoms with Gasteiger partial charge in [-0.05, 0) is 23.3 Å². The summed E-state index contributed by atoms with van der Waals surface area (Å²) in [4.78, 5) is 38.2. The number of hydrogen-bond donors (Lipinski definition) is 2. The topological polar surface area (TPSA) is 121 Å². The number of carbonyl (C=O) groups is 3. The van der Waals surface area contributed by atoms with Crippen LogP contribution in [-0.4, -0.2) is 59.5 Å². The molecule has 33 heavy (non-hydrogen) atoms. The number of hydrogen-bond acceptors (Lipinski definition) is 6. The van der Waals surface area contributed by atoms with E-state index in [1.54, 1.807) is 48.5 Å². The van der Waals surface area contributed by atoms with Crippen LogP contribution in [0.25, 0.3) is 0 Å². The van der Waals surface area contributed by atoms with Gasteiger partial charge in [0.1, 0.15) is 11.4 Å². The Balaban J connectivity index is 1.88. The van der Waals surface area contributed by atoms with E-state index in [4.69, 9.17) is 11.6 Å². The number of amides is 2. The Kier molecular flexibility index (Phi) is 7.83. The van der Waals surface area contributed by atoms with E-state index in [1.165, 1.54) is 12.1 Å². The fourth-order valence-electron chi connectivity index (χ4n) is 3.34. The van der Waals surface area contributed by atoms with Crippen LogP contribution < -0.4 is 5.32 Å². The normalized spacial score (nSPS) is 18.8. The number of alkyl halides is 1. The number of benzene rings is 2. The highest BCUT2D eigenvalue weighted by molar-refractivity contribution is 8.72. The van der Waals surface area contributed by atoms with Crippen LogP contribution in [0.4, 0.5) is 0 Å². The Bertz CT molecular complexity index is 1160. The molecule has 0 radical (unpaired) electrons. The van der Waals surface area contributed by atoms with E-state index in [0.717, 1.165) is 4.90 Å². The van der Waals surface area contributed by atoms with Crippen molar-refractivity contribution in [2.45, 2.75) is 28.8 Å². The number of β-lactam (4-membered cyclic amide) rings is 1. The Labute approximate surface area is 199 Å². The summed E-state index contributed by atoms with van der Waals surface area (Å²) in [5, 5.41) is 11.0. The molecular weight excluding hydrogens is 488 g/mol. The molecule has 0 spiro atoms. The van der Waals surface area contributed by atoms with Gasteiger partial charge < -0.3 is 15.3 Å². The number of rotatable bonds is 10. The predicted molar refractivity (Wildman–Crippen MR) is 125 cm³/mol. The highest BCUT2D eigenvalue weighted by atomic mass is 35.5. The maximum Gasteiger partial charge on any atom is 0.330 e. The average Bonchev–Trinajstić information content (AvgIpc) is 2.80. The summed E-state index contributed by atoms with van der Waals surface area (Å²) < 4.78 is 25.9. The molecule has 0 saturated carbocycles. The van der Waals surface area contributed by atoms with Gasteiger partial charge in [-0.15, -0.1) is 11.6 Å². The van der Waals surface area contributed by atoms with Gasteiger partial charge in [0, 0.05) is 16.7 Å². The summed E-state index contributed by atoms with van der Waals surface area (Å²) in [5.41, 5.74) is 0.730. The minimum atomic E-state index is -3.98. The largest absolute Gasteiger partial charge is 0.479 e. The quantitative estimate of drug-likeness (QED) is 0.218. The zero-order valence-corrected chi connectivity index (χ0v) is 19.6. The molecule has 3 unspecified atom stereocenters. The van der Waals surface area contributed by atoms with Crippen molar-refractivity contribution in [2.75, 3.05) is 5.88 Å². The van der Waals surface area contributed by atoms with Crippen LogP contribution in [-0.2, 0) is 29.7 Å². The summed E-state index contributed by atoms with van der Waals surface area (Å²) in [6.45, 7) is 3.61. The lowest BCUT2D eigenvalue weighted by atomic mass is 9.99. The van der Waals surface area contributed by atoms with E-state index in [0.29, 0.717) is 16.4 Å². The van der Waals surface area contributed by atoms with Crippen LogP contribution in [0.1, 0.15) is 5.56 Å². The zero-order valence-electron chi connectivity index (χ0n) is 17.3. The van der Waals surface area contributed by atoms with E-state index in [1.807, 2.05) is 0 Å². The Morgan fingerprint density at radius 1 is 1.12 bits per heavy atom. The second-order valence-corrected chi connectivity index (χ2v) is 11.5. The summed E-state index contributed by atoms with van der Waals surface area (Å²) in [6.07, 6.45) is -0.0236. The van der Waals surface area contributed by atoms with Crippen molar-refractivity contribution in [3.8, 4) is 0 Å². The van der Waals surface area contributed by atoms with Gasteiger partial charge in [-0.25, -0.2) is 13.2 Å². The van der Waals surface area contributed by atoms with Crippen molar-refractivity contribution in [2.24, 2.45) is 0 Å². The van der Waals surface area contributed by atoms with Crippen molar-refractivity contribution in [3.63, 3.8) is 0 Å². The van der Waals surface area contributed by atoms with Crippen molar-refractivity contribution in [1.82, 2.24) is 10.2 Å². The summed E-state index contributed by atoms with van der Waals surface area (Å²) >= 11 is 5.76. The van der Waals surface area contributed by atoms with Crippen LogP contribution in [0.5, 0.6) is 0 Å². The van der Waals surface area contributed by atoms with Crippen molar-refractivity contribution >= 4 is 49.0 Å². The van der Waals surface area contributed by atoms with Crippen LogP contribution in [0.2, 0.25) is 0 Å². The minimum Gasteiger partial charge on any atom is -0.479 e. The second kappa shape index (κ2) is 10.4. The van der Waals surface area contributed by atoms with Gasteiger partial charge in [-0.1, -0.05) is 55.1 Å². The van der Waals surface area contributed by atoms with Gasteiger partial charge in [0.2, 0.25) is 20.7 Å². The first-order valence-electron chi connectivity index (χ1n) is 9.76. The molecule has 3 rings (SSSR count). The maximum atomic E-state index is 13.0. The average molecular weight is 509 g/mol. The Hall–Kier alpha value is -2.82. The van der Waals surface area contributed by atoms with Crippen LogP contribution in [0.3, 0.4) is 0 Å². The summed E-state index contributed by atoms with van der Waals surface area (Å²) in [6, 6.07) is 13.6. The fraction of sp³-hybridized carbons (Fsp3) is 0.227. The van der Waals surface area contributed by atoms with Crippen LogP contribution in [0.15, 0.2) is 77.7 Å². The molecule has 0 aromatic heterocycles. The Morgan fingerprint density at radius 2 is 1.70 bits per heavy atom. The number of likely N-dealkylation sites (tertiary alicyclic amines) is 1. The lowest BCUT2D eigenvalue weighted by Gasteiger charge is -2.48. The van der Waals surface area contributed by atoms with Gasteiger partial charge in [0.25, 0.3) is 0 Å². The third-order valence-corrected chi connectivity index (χ3v) is 9.00. The lowest BCUT2D eigenvalue weighted by Crippen LogP contribution is -2.73. The SMILES string of the molecule is C=C(CCl)C(C(=O)O)N1C(=O)C(NC(=O)Cc2ccccc2)C1SS(=O)(=O)c1ccccc1. The number of halogens is 1. The molecule has 2 aromatic rings. The molecule has 3 atom stereocenters. The van der Waals surface area contributed by atoms with Crippen LogP contribution >= 0.6 is 22.4 Å². The third-order valence-electron chi connectivity index (χ3n) is 4.93. The molecule has 2 amide bonds. The fourth-order valence-corrected chi connectivity index (χ4v) is 7.02. The third kappa shape index (κ3) is 5.58. The molecule has 0 bridgehead atoms. The summed E-state index contributed by atoms with van der Waals surface area (Å²) in [5.74, 6) is -2.86. The molecule has 2 aromatic carbocycles. The smallest absolute Gasteiger partial charge is 0.330 e. The van der Waals surface area contributed by atoms with Crippen molar-refractivity contribution in [1.29, 1.82) is 0 Å². The number of carboxylic acids is 1. The molecule has 2 N–H and O–H groups in total. The van der Waals surface area contributed by atoms with Gasteiger partial charge >= 0.3 is 5.97 Å². The van der Waals surface area contributed by atoms with E-state index in [2.05, 4.69) is 11.9 Å². The standard InChI is InChI=1S/C22H21ClN2O6S2/c1-14(13-23)19(22(28)29)25-20(27)18(24-17(26)12-15-8-4-2-5-9-15)21(25)32-33(30,31)16-10-6-3-7-11-16/h2-11,18-19,21H,1,12-13H2,(H,24,26)(H,28,29). The maximum absolute atomic E-state index is 13.0. The lowest BCUT2D eigenvalue weighted by molar-refractivity contribution is -0.159. The van der Waals surface area contributed by atoms with E-state index < -0.39 is 44.1 Å². The molecular formula is C22H21ClN2O6S2. The van der Waals surface area contributed by atoms with E-state index >= 15 is 0 Å². The van der Waals surface area contributed by atoms with E-state index in [9.17, 15) is 27.9 Å². The van der Waals surface area contributed by atoms with Crippen LogP contribution in [0, 0.1) is 0 Å². The van der Waals surface area contributed by atoms with Gasteiger partial charge in [-0.3, -0.25) is 9.59 Å². The summed E-state index contributed by atoms with van der Waals surface area (Å²) in [7, 11) is -3.58. The molecule has 1 fully saturated rings. The van der Waals surface area contributed by atoms with Gasteiger partial charge in [0.15, 0.2) is 6.04 Å². The molecule has 1 heterocycles. The molecule has 1 saturated heterocycles. The van der Waals surface area contributed by atoms with Gasteiger partial charge in [0.05, 0.1) is 11.3 Å². The predicted octanol–water partition coefficient (Wildman–Crippen LogP) is 2.25. The molecule has 1 aliphatic rings. The van der Waals surface area contributed by atoms with E-state index in [-0.39, 0.29) is 22.8 Å². The monoisotopic (exact) mass is 508 g/mol. The first-order valence-corrected chi connectivity index (χ1v) is 13.2. The molecule has 174 valence electrons. The first-order chi connectivity index (χ1) is 15.7. The van der Waals surface area contributed by atoms with Gasteiger partial charge in [-0.2, -0.15) is 0 Å². The molecule has 8 nitrogen and oxygen atoms in total. The second-order valence-electron chi connectivity index (χ2n) is 7.24. The minimum absolute atomic E-state index is 0.00768.